The van der Waals surface area contributed by atoms with E-state index in [-0.39, 0.29) is 11.7 Å². The smallest absolute Gasteiger partial charge is 0.236 e. The molecule has 0 radical (unpaired) electrons. The fourth-order valence-electron chi connectivity index (χ4n) is 1.37. The Hall–Kier alpha value is -1.21. The number of halogens is 2. The summed E-state index contributed by atoms with van der Waals surface area (Å²) in [6.45, 7) is 1.86. The van der Waals surface area contributed by atoms with Gasteiger partial charge in [0.25, 0.3) is 0 Å². The summed E-state index contributed by atoms with van der Waals surface area (Å²) in [6, 6.07) is 3.36. The standard InChI is InChI=1S/C11H9BrFN3OS/c1-6-2-7(10(13)8(12)3-6)4-14-16-11-15-9(17)5-18-11/h2-4H,5H2,1H3,(H,15,16,17). The lowest BCUT2D eigenvalue weighted by Gasteiger charge is -2.00. The Balaban J connectivity index is 2.17. The van der Waals surface area contributed by atoms with E-state index in [1.165, 1.54) is 18.0 Å². The number of nitrogens with one attached hydrogen (secondary N) is 1. The summed E-state index contributed by atoms with van der Waals surface area (Å²) in [4.78, 5) is 10.9. The van der Waals surface area contributed by atoms with Crippen LogP contribution in [0.15, 0.2) is 26.8 Å². The average molecular weight is 330 g/mol. The molecule has 1 aromatic rings. The van der Waals surface area contributed by atoms with Crippen LogP contribution >= 0.6 is 27.7 Å². The molecule has 0 saturated carbocycles. The molecule has 1 amide bonds. The summed E-state index contributed by atoms with van der Waals surface area (Å²) in [5.41, 5.74) is 1.27. The van der Waals surface area contributed by atoms with Crippen LogP contribution in [0.3, 0.4) is 0 Å². The third-order valence-electron chi connectivity index (χ3n) is 2.13. The van der Waals surface area contributed by atoms with E-state index in [1.807, 2.05) is 6.92 Å². The molecular weight excluding hydrogens is 321 g/mol. The Bertz CT molecular complexity index is 559. The van der Waals surface area contributed by atoms with Crippen LogP contribution in [0, 0.1) is 12.7 Å². The maximum atomic E-state index is 13.7. The van der Waals surface area contributed by atoms with E-state index in [9.17, 15) is 9.18 Å². The normalized spacial score (nSPS) is 17.7. The number of amidine groups is 1. The summed E-state index contributed by atoms with van der Waals surface area (Å²) in [5.74, 6) is -0.135. The number of nitrogens with zero attached hydrogens (tertiary/aromatic N) is 2. The minimum Gasteiger partial charge on any atom is -0.303 e. The monoisotopic (exact) mass is 329 g/mol. The van der Waals surface area contributed by atoms with Gasteiger partial charge in [0.1, 0.15) is 5.82 Å². The van der Waals surface area contributed by atoms with Gasteiger partial charge in [-0.2, -0.15) is 5.10 Å². The van der Waals surface area contributed by atoms with E-state index < -0.39 is 0 Å². The van der Waals surface area contributed by atoms with Crippen molar-refractivity contribution in [2.75, 3.05) is 5.75 Å². The molecule has 0 aromatic heterocycles. The summed E-state index contributed by atoms with van der Waals surface area (Å²) < 4.78 is 14.1. The zero-order valence-corrected chi connectivity index (χ0v) is 11.8. The Morgan fingerprint density at radius 3 is 3.00 bits per heavy atom. The van der Waals surface area contributed by atoms with E-state index in [2.05, 4.69) is 31.4 Å². The highest BCUT2D eigenvalue weighted by Crippen LogP contribution is 2.20. The number of hydrogen-bond acceptors (Lipinski definition) is 4. The lowest BCUT2D eigenvalue weighted by molar-refractivity contribution is -0.116. The molecule has 1 N–H and O–H groups in total. The first-order valence-electron chi connectivity index (χ1n) is 5.05. The number of thioether (sulfide) groups is 1. The van der Waals surface area contributed by atoms with Crippen molar-refractivity contribution in [2.45, 2.75) is 6.92 Å². The third-order valence-corrected chi connectivity index (χ3v) is 3.57. The van der Waals surface area contributed by atoms with Gasteiger partial charge in [0, 0.05) is 5.56 Å². The van der Waals surface area contributed by atoms with Crippen LogP contribution in [0.5, 0.6) is 0 Å². The van der Waals surface area contributed by atoms with Crippen molar-refractivity contribution in [3.63, 3.8) is 0 Å². The average Bonchev–Trinajstić information content (AvgIpc) is 2.71. The van der Waals surface area contributed by atoms with Gasteiger partial charge in [0.15, 0.2) is 5.17 Å². The SMILES string of the molecule is Cc1cc(Br)c(F)c(C=NN=C2NC(=O)CS2)c1. The summed E-state index contributed by atoms with van der Waals surface area (Å²) in [7, 11) is 0. The van der Waals surface area contributed by atoms with Crippen molar-refractivity contribution in [3.8, 4) is 0 Å². The summed E-state index contributed by atoms with van der Waals surface area (Å²) >= 11 is 4.40. The van der Waals surface area contributed by atoms with E-state index >= 15 is 0 Å². The van der Waals surface area contributed by atoms with Crippen LogP contribution in [0.4, 0.5) is 4.39 Å². The highest BCUT2D eigenvalue weighted by Gasteiger charge is 2.16. The molecule has 1 aliphatic heterocycles. The first-order valence-corrected chi connectivity index (χ1v) is 6.83. The third kappa shape index (κ3) is 3.17. The van der Waals surface area contributed by atoms with Crippen LogP contribution in [0.2, 0.25) is 0 Å². The molecule has 2 rings (SSSR count). The second-order valence-electron chi connectivity index (χ2n) is 3.64. The van der Waals surface area contributed by atoms with Crippen molar-refractivity contribution in [1.29, 1.82) is 0 Å². The molecule has 18 heavy (non-hydrogen) atoms. The summed E-state index contributed by atoms with van der Waals surface area (Å²) in [5, 5.41) is 10.5. The minimum absolute atomic E-state index is 0.0987. The predicted molar refractivity (Wildman–Crippen MR) is 74.5 cm³/mol. The van der Waals surface area contributed by atoms with Gasteiger partial charge in [-0.1, -0.05) is 11.8 Å². The van der Waals surface area contributed by atoms with Crippen LogP contribution in [-0.2, 0) is 4.79 Å². The number of carbonyl (C=O) groups excluding carboxylic acids is 1. The number of benzene rings is 1. The molecule has 7 heteroatoms. The second kappa shape index (κ2) is 5.62. The zero-order valence-electron chi connectivity index (χ0n) is 9.41. The maximum absolute atomic E-state index is 13.7. The zero-order chi connectivity index (χ0) is 13.1. The quantitative estimate of drug-likeness (QED) is 0.669. The Kier molecular flexibility index (Phi) is 4.13. The van der Waals surface area contributed by atoms with Gasteiger partial charge < -0.3 is 5.32 Å². The molecule has 0 unspecified atom stereocenters. The largest absolute Gasteiger partial charge is 0.303 e. The van der Waals surface area contributed by atoms with Crippen molar-refractivity contribution in [3.05, 3.63) is 33.5 Å². The van der Waals surface area contributed by atoms with Gasteiger partial charge >= 0.3 is 0 Å². The topological polar surface area (TPSA) is 53.8 Å². The van der Waals surface area contributed by atoms with Gasteiger partial charge in [0.05, 0.1) is 16.4 Å². The van der Waals surface area contributed by atoms with Gasteiger partial charge in [-0.15, -0.1) is 5.10 Å². The lowest BCUT2D eigenvalue weighted by atomic mass is 10.1. The van der Waals surface area contributed by atoms with Crippen molar-refractivity contribution >= 4 is 45.0 Å². The van der Waals surface area contributed by atoms with Crippen molar-refractivity contribution in [1.82, 2.24) is 5.32 Å². The Labute approximate surface area is 116 Å². The van der Waals surface area contributed by atoms with Gasteiger partial charge in [-0.05, 0) is 40.5 Å². The van der Waals surface area contributed by atoms with Crippen LogP contribution in [0.1, 0.15) is 11.1 Å². The van der Waals surface area contributed by atoms with Crippen molar-refractivity contribution < 1.29 is 9.18 Å². The molecule has 1 aliphatic rings. The fraction of sp³-hybridized carbons (Fsp3) is 0.182. The molecule has 4 nitrogen and oxygen atoms in total. The molecule has 1 heterocycles. The van der Waals surface area contributed by atoms with Crippen LogP contribution < -0.4 is 5.32 Å². The molecule has 0 spiro atoms. The van der Waals surface area contributed by atoms with Crippen molar-refractivity contribution in [2.24, 2.45) is 10.2 Å². The molecule has 0 atom stereocenters. The highest BCUT2D eigenvalue weighted by molar-refractivity contribution is 9.10. The van der Waals surface area contributed by atoms with E-state index in [4.69, 9.17) is 0 Å². The van der Waals surface area contributed by atoms with Crippen LogP contribution in [-0.4, -0.2) is 23.0 Å². The van der Waals surface area contributed by atoms with E-state index in [0.29, 0.717) is 21.0 Å². The number of hydrogen-bond donors (Lipinski definition) is 1. The van der Waals surface area contributed by atoms with Gasteiger partial charge in [-0.25, -0.2) is 4.39 Å². The molecule has 94 valence electrons. The highest BCUT2D eigenvalue weighted by atomic mass is 79.9. The fourth-order valence-corrected chi connectivity index (χ4v) is 2.59. The molecule has 1 aromatic carbocycles. The molecule has 1 fully saturated rings. The van der Waals surface area contributed by atoms with Gasteiger partial charge in [-0.3, -0.25) is 4.79 Å². The van der Waals surface area contributed by atoms with Crippen LogP contribution in [0.25, 0.3) is 0 Å². The van der Waals surface area contributed by atoms with E-state index in [1.54, 1.807) is 12.1 Å². The molecule has 0 bridgehead atoms. The first-order chi connectivity index (χ1) is 8.56. The minimum atomic E-state index is -0.382. The molecular formula is C11H9BrFN3OS. The summed E-state index contributed by atoms with van der Waals surface area (Å²) in [6.07, 6.45) is 1.32. The number of carbonyl (C=O) groups is 1. The maximum Gasteiger partial charge on any atom is 0.236 e. The Morgan fingerprint density at radius 2 is 2.33 bits per heavy atom. The number of rotatable bonds is 2. The second-order valence-corrected chi connectivity index (χ2v) is 5.45. The molecule has 0 aliphatic carbocycles. The lowest BCUT2D eigenvalue weighted by Crippen LogP contribution is -2.19. The molecule has 1 saturated heterocycles. The van der Waals surface area contributed by atoms with E-state index in [0.717, 1.165) is 5.56 Å². The number of aryl methyl sites for hydroxylation is 1. The Morgan fingerprint density at radius 1 is 1.56 bits per heavy atom. The predicted octanol–water partition coefficient (Wildman–Crippen LogP) is 2.45. The first kappa shape index (κ1) is 13.2. The number of amides is 1. The van der Waals surface area contributed by atoms with Gasteiger partial charge in [0.2, 0.25) is 5.91 Å².